The Hall–Kier alpha value is -1.10. The first kappa shape index (κ1) is 16.3. The predicted molar refractivity (Wildman–Crippen MR) is 63.0 cm³/mol. The molecule has 0 radical (unpaired) electrons. The summed E-state index contributed by atoms with van der Waals surface area (Å²) in [7, 11) is 1.59. The molecule has 0 bridgehead atoms. The molecule has 0 aromatic heterocycles. The average molecular weight is 233 g/mol. The van der Waals surface area contributed by atoms with Crippen LogP contribution >= 0.6 is 12.4 Å². The number of hydrogen-bond acceptors (Lipinski definition) is 2. The number of nitrogens with two attached hydrogens (primary N) is 1. The number of halogens is 1. The fourth-order valence-corrected chi connectivity index (χ4v) is 1.15. The average Bonchev–Trinajstić information content (AvgIpc) is 2.18. The van der Waals surface area contributed by atoms with Gasteiger partial charge in [0.1, 0.15) is 0 Å². The van der Waals surface area contributed by atoms with Crippen LogP contribution in [0.5, 0.6) is 0 Å². The summed E-state index contributed by atoms with van der Waals surface area (Å²) >= 11 is 0. The summed E-state index contributed by atoms with van der Waals surface area (Å²) in [6, 6.07) is 9.28. The van der Waals surface area contributed by atoms with Crippen molar-refractivity contribution in [3.63, 3.8) is 0 Å². The quantitative estimate of drug-likeness (QED) is 0.763. The first-order valence-corrected chi connectivity index (χ1v) is 4.25. The monoisotopic (exact) mass is 232 g/mol. The molecular weight excluding hydrogens is 216 g/mol. The van der Waals surface area contributed by atoms with Crippen molar-refractivity contribution < 1.29 is 10.3 Å². The summed E-state index contributed by atoms with van der Waals surface area (Å²) in [6.07, 6.45) is 0.584. The van der Waals surface area contributed by atoms with Gasteiger partial charge in [-0.2, -0.15) is 0 Å². The Kier molecular flexibility index (Phi) is 8.96. The van der Waals surface area contributed by atoms with E-state index >= 15 is 0 Å². The van der Waals surface area contributed by atoms with Crippen LogP contribution in [0.4, 0.5) is 0 Å². The molecule has 0 aliphatic rings. The number of carbonyl (C=O) groups is 1. The first-order valence-electron chi connectivity index (χ1n) is 4.25. The molecule has 1 unspecified atom stereocenters. The van der Waals surface area contributed by atoms with E-state index in [1.54, 1.807) is 7.05 Å². The van der Waals surface area contributed by atoms with Crippen molar-refractivity contribution in [2.24, 2.45) is 5.73 Å². The fourth-order valence-electron chi connectivity index (χ4n) is 1.15. The number of carbonyl (C=O) groups excluding carboxylic acids is 1. The second-order valence-electron chi connectivity index (χ2n) is 2.91. The number of benzene rings is 1. The van der Waals surface area contributed by atoms with Gasteiger partial charge in [-0.3, -0.25) is 4.79 Å². The number of likely N-dealkylation sites (N-methyl/N-ethyl adjacent to an activating group) is 1. The Bertz CT molecular complexity index is 280. The molecule has 1 aromatic carbocycles. The Morgan fingerprint density at radius 3 is 2.40 bits per heavy atom. The molecule has 0 fully saturated rings. The highest BCUT2D eigenvalue weighted by atomic mass is 35.5. The third kappa shape index (κ3) is 5.37. The summed E-state index contributed by atoms with van der Waals surface area (Å²) in [4.78, 5) is 11.1. The van der Waals surface area contributed by atoms with Gasteiger partial charge >= 0.3 is 0 Å². The fraction of sp³-hybridized carbons (Fsp3) is 0.300. The maximum atomic E-state index is 11.1. The maximum absolute atomic E-state index is 11.1. The van der Waals surface area contributed by atoms with E-state index in [9.17, 15) is 4.79 Å². The van der Waals surface area contributed by atoms with Crippen LogP contribution in [0.15, 0.2) is 30.3 Å². The highest BCUT2D eigenvalue weighted by molar-refractivity contribution is 5.85. The minimum absolute atomic E-state index is 0. The van der Waals surface area contributed by atoms with Crippen molar-refractivity contribution in [3.8, 4) is 0 Å². The van der Waals surface area contributed by atoms with Gasteiger partial charge in [-0.1, -0.05) is 30.3 Å². The summed E-state index contributed by atoms with van der Waals surface area (Å²) in [5.41, 5.74) is 6.73. The molecule has 0 saturated heterocycles. The van der Waals surface area contributed by atoms with Gasteiger partial charge in [0.05, 0.1) is 6.04 Å². The van der Waals surface area contributed by atoms with Gasteiger partial charge in [-0.15, -0.1) is 12.4 Å². The van der Waals surface area contributed by atoms with Crippen LogP contribution in [-0.2, 0) is 11.2 Å². The van der Waals surface area contributed by atoms with Gasteiger partial charge < -0.3 is 16.5 Å². The Labute approximate surface area is 95.6 Å². The van der Waals surface area contributed by atoms with E-state index < -0.39 is 6.04 Å². The van der Waals surface area contributed by atoms with Gasteiger partial charge in [-0.25, -0.2) is 0 Å². The maximum Gasteiger partial charge on any atom is 0.237 e. The largest absolute Gasteiger partial charge is 0.412 e. The Morgan fingerprint density at radius 1 is 1.40 bits per heavy atom. The lowest BCUT2D eigenvalue weighted by molar-refractivity contribution is -0.121. The number of nitrogens with one attached hydrogen (secondary N) is 1. The first-order chi connectivity index (χ1) is 6.24. The minimum Gasteiger partial charge on any atom is -0.412 e. The van der Waals surface area contributed by atoms with Crippen LogP contribution in [-0.4, -0.2) is 24.5 Å². The van der Waals surface area contributed by atoms with Crippen molar-refractivity contribution in [1.29, 1.82) is 0 Å². The molecule has 86 valence electrons. The third-order valence-electron chi connectivity index (χ3n) is 1.88. The zero-order chi connectivity index (χ0) is 9.68. The van der Waals surface area contributed by atoms with E-state index in [4.69, 9.17) is 5.73 Å². The molecule has 0 aliphatic heterocycles. The summed E-state index contributed by atoms with van der Waals surface area (Å²) < 4.78 is 0. The lowest BCUT2D eigenvalue weighted by Gasteiger charge is -2.09. The highest BCUT2D eigenvalue weighted by Gasteiger charge is 2.11. The predicted octanol–water partition coefficient (Wildman–Crippen LogP) is -0.101. The molecule has 1 amide bonds. The SMILES string of the molecule is CNC(=O)C(N)Cc1ccccc1.Cl.O. The normalized spacial score (nSPS) is 10.5. The topological polar surface area (TPSA) is 86.6 Å². The van der Waals surface area contributed by atoms with E-state index in [0.29, 0.717) is 6.42 Å². The number of amides is 1. The molecule has 5 heteroatoms. The van der Waals surface area contributed by atoms with Gasteiger partial charge in [0.2, 0.25) is 5.91 Å². The molecule has 1 rings (SSSR count). The molecule has 0 heterocycles. The van der Waals surface area contributed by atoms with Gasteiger partial charge in [0.15, 0.2) is 0 Å². The van der Waals surface area contributed by atoms with Crippen molar-refractivity contribution in [2.75, 3.05) is 7.05 Å². The summed E-state index contributed by atoms with van der Waals surface area (Å²) in [5, 5.41) is 2.52. The molecular formula is C10H17ClN2O2. The van der Waals surface area contributed by atoms with Crippen molar-refractivity contribution >= 4 is 18.3 Å². The highest BCUT2D eigenvalue weighted by Crippen LogP contribution is 2.01. The van der Waals surface area contributed by atoms with Crippen LogP contribution in [0.3, 0.4) is 0 Å². The molecule has 1 atom stereocenters. The smallest absolute Gasteiger partial charge is 0.237 e. The molecule has 0 saturated carbocycles. The number of hydrogen-bond donors (Lipinski definition) is 2. The van der Waals surface area contributed by atoms with Crippen LogP contribution in [0, 0.1) is 0 Å². The van der Waals surface area contributed by atoms with E-state index in [2.05, 4.69) is 5.32 Å². The minimum atomic E-state index is -0.451. The second kappa shape index (κ2) is 8.23. The zero-order valence-corrected chi connectivity index (χ0v) is 9.38. The van der Waals surface area contributed by atoms with Crippen molar-refractivity contribution in [1.82, 2.24) is 5.32 Å². The lowest BCUT2D eigenvalue weighted by Crippen LogP contribution is -2.40. The molecule has 0 spiro atoms. The second-order valence-corrected chi connectivity index (χ2v) is 2.91. The van der Waals surface area contributed by atoms with Crippen molar-refractivity contribution in [3.05, 3.63) is 35.9 Å². The van der Waals surface area contributed by atoms with Crippen LogP contribution in [0.2, 0.25) is 0 Å². The van der Waals surface area contributed by atoms with E-state index in [-0.39, 0.29) is 23.8 Å². The van der Waals surface area contributed by atoms with Gasteiger partial charge in [0.25, 0.3) is 0 Å². The zero-order valence-electron chi connectivity index (χ0n) is 8.57. The van der Waals surface area contributed by atoms with Crippen LogP contribution in [0.1, 0.15) is 5.56 Å². The van der Waals surface area contributed by atoms with Crippen LogP contribution < -0.4 is 11.1 Å². The lowest BCUT2D eigenvalue weighted by atomic mass is 10.1. The van der Waals surface area contributed by atoms with Gasteiger partial charge in [-0.05, 0) is 12.0 Å². The van der Waals surface area contributed by atoms with E-state index in [1.165, 1.54) is 0 Å². The van der Waals surface area contributed by atoms with E-state index in [0.717, 1.165) is 5.56 Å². The molecule has 15 heavy (non-hydrogen) atoms. The summed E-state index contributed by atoms with van der Waals surface area (Å²) in [6.45, 7) is 0. The molecule has 1 aromatic rings. The van der Waals surface area contributed by atoms with E-state index in [1.807, 2.05) is 30.3 Å². The Morgan fingerprint density at radius 2 is 1.93 bits per heavy atom. The molecule has 4 nitrogen and oxygen atoms in total. The Balaban J connectivity index is 0. The standard InChI is InChI=1S/C10H14N2O.ClH.H2O/c1-12-10(13)9(11)7-8-5-3-2-4-6-8;;/h2-6,9H,7,11H2,1H3,(H,12,13);1H;1H2. The van der Waals surface area contributed by atoms with Gasteiger partial charge in [0, 0.05) is 7.05 Å². The van der Waals surface area contributed by atoms with Crippen molar-refractivity contribution in [2.45, 2.75) is 12.5 Å². The molecule has 0 aliphatic carbocycles. The summed E-state index contributed by atoms with van der Waals surface area (Å²) in [5.74, 6) is -0.121. The van der Waals surface area contributed by atoms with Crippen LogP contribution in [0.25, 0.3) is 0 Å². The number of rotatable bonds is 3. The molecule has 5 N–H and O–H groups in total. The third-order valence-corrected chi connectivity index (χ3v) is 1.88.